The van der Waals surface area contributed by atoms with Crippen molar-refractivity contribution in [2.45, 2.75) is 32.1 Å². The number of rotatable bonds is 2. The average molecular weight is 272 g/mol. The molecule has 104 valence electrons. The van der Waals surface area contributed by atoms with Gasteiger partial charge in [-0.05, 0) is 59.1 Å². The van der Waals surface area contributed by atoms with Gasteiger partial charge in [0.1, 0.15) is 0 Å². The zero-order chi connectivity index (χ0) is 14.1. The van der Waals surface area contributed by atoms with Gasteiger partial charge in [0.05, 0.1) is 0 Å². The van der Waals surface area contributed by atoms with Crippen LogP contribution in [0.3, 0.4) is 0 Å². The number of allylic oxidation sites excluding steroid dienone is 4. The molecule has 2 aliphatic rings. The lowest BCUT2D eigenvalue weighted by atomic mass is 9.72. The largest absolute Gasteiger partial charge is 0.0622 e. The Morgan fingerprint density at radius 3 is 1.33 bits per heavy atom. The Labute approximate surface area is 126 Å². The molecule has 0 aromatic heterocycles. The molecule has 0 nitrogen and oxygen atoms in total. The van der Waals surface area contributed by atoms with Gasteiger partial charge < -0.3 is 0 Å². The van der Waals surface area contributed by atoms with E-state index in [1.54, 1.807) is 11.1 Å². The van der Waals surface area contributed by atoms with Gasteiger partial charge in [-0.3, -0.25) is 0 Å². The summed E-state index contributed by atoms with van der Waals surface area (Å²) in [5.74, 6) is 0. The summed E-state index contributed by atoms with van der Waals surface area (Å²) in [6.45, 7) is 0. The van der Waals surface area contributed by atoms with E-state index in [-0.39, 0.29) is 0 Å². The normalized spacial score (nSPS) is 18.1. The number of hydrogen-bond donors (Lipinski definition) is 0. The van der Waals surface area contributed by atoms with E-state index in [0.717, 1.165) is 0 Å². The van der Waals surface area contributed by atoms with Crippen LogP contribution in [0.2, 0.25) is 0 Å². The van der Waals surface area contributed by atoms with Crippen molar-refractivity contribution in [2.24, 2.45) is 0 Å². The van der Waals surface area contributed by atoms with Crippen LogP contribution in [0.25, 0.3) is 11.1 Å². The van der Waals surface area contributed by atoms with Crippen LogP contribution in [-0.2, 0) is 0 Å². The molecule has 0 saturated heterocycles. The van der Waals surface area contributed by atoms with Crippen LogP contribution < -0.4 is 0 Å². The van der Waals surface area contributed by atoms with Crippen molar-refractivity contribution in [3.63, 3.8) is 0 Å². The molecule has 0 aliphatic heterocycles. The smallest absolute Gasteiger partial charge is 0.00675 e. The monoisotopic (exact) mass is 272 g/mol. The molecule has 0 N–H and O–H groups in total. The van der Waals surface area contributed by atoms with E-state index < -0.39 is 0 Å². The van der Waals surface area contributed by atoms with Crippen molar-refractivity contribution in [1.29, 1.82) is 0 Å². The molecule has 0 radical (unpaired) electrons. The second-order valence-corrected chi connectivity index (χ2v) is 6.00. The summed E-state index contributed by atoms with van der Waals surface area (Å²) in [5.41, 5.74) is 9.07. The quantitative estimate of drug-likeness (QED) is 0.641. The van der Waals surface area contributed by atoms with Gasteiger partial charge in [0, 0.05) is 0 Å². The summed E-state index contributed by atoms with van der Waals surface area (Å²) in [4.78, 5) is 0. The van der Waals surface area contributed by atoms with Crippen molar-refractivity contribution in [2.75, 3.05) is 0 Å². The summed E-state index contributed by atoms with van der Waals surface area (Å²) in [5, 5.41) is 0. The third-order valence-electron chi connectivity index (χ3n) is 4.70. The lowest BCUT2D eigenvalue weighted by molar-refractivity contribution is 0.713. The third-order valence-corrected chi connectivity index (χ3v) is 4.70. The van der Waals surface area contributed by atoms with Crippen LogP contribution >= 0.6 is 0 Å². The fourth-order valence-electron chi connectivity index (χ4n) is 3.72. The molecule has 0 bridgehead atoms. The first-order valence-corrected chi connectivity index (χ1v) is 8.03. The Kier molecular flexibility index (Phi) is 3.23. The molecule has 0 heteroatoms. The first-order chi connectivity index (χ1) is 10.4. The fraction of sp³-hybridized carbons (Fsp3) is 0.238. The minimum Gasteiger partial charge on any atom is -0.0622 e. The molecule has 0 saturated carbocycles. The van der Waals surface area contributed by atoms with Crippen LogP contribution in [0, 0.1) is 0 Å². The highest BCUT2D eigenvalue weighted by Crippen LogP contribution is 2.52. The van der Waals surface area contributed by atoms with Crippen LogP contribution in [0.1, 0.15) is 43.2 Å². The zero-order valence-electron chi connectivity index (χ0n) is 12.3. The predicted molar refractivity (Wildman–Crippen MR) is 89.8 cm³/mol. The Balaban J connectivity index is 1.85. The maximum atomic E-state index is 2.26. The van der Waals surface area contributed by atoms with Gasteiger partial charge in [-0.2, -0.15) is 0 Å². The van der Waals surface area contributed by atoms with Crippen LogP contribution in [0.4, 0.5) is 0 Å². The van der Waals surface area contributed by atoms with E-state index in [2.05, 4.69) is 60.7 Å². The molecular weight excluding hydrogens is 252 g/mol. The van der Waals surface area contributed by atoms with E-state index in [4.69, 9.17) is 0 Å². The fourth-order valence-corrected chi connectivity index (χ4v) is 3.72. The third kappa shape index (κ3) is 2.15. The Bertz CT molecular complexity index is 641. The molecule has 0 spiro atoms. The van der Waals surface area contributed by atoms with Crippen molar-refractivity contribution in [3.05, 3.63) is 82.9 Å². The summed E-state index contributed by atoms with van der Waals surface area (Å²) in [7, 11) is 0. The van der Waals surface area contributed by atoms with Crippen molar-refractivity contribution in [3.8, 4) is 0 Å². The van der Waals surface area contributed by atoms with Gasteiger partial charge in [0.25, 0.3) is 0 Å². The standard InChI is InChI=1S/C21H20/c1-4-10-16(11-5-1)20-18-14-8-3-9-15-19(18)21(20)17-12-6-2-7-13-17/h1-2,4-7,10-13H,3,8-9,14-15H2. The van der Waals surface area contributed by atoms with Gasteiger partial charge in [-0.1, -0.05) is 67.1 Å². The predicted octanol–water partition coefficient (Wildman–Crippen LogP) is 5.87. The summed E-state index contributed by atoms with van der Waals surface area (Å²) < 4.78 is 0. The lowest BCUT2D eigenvalue weighted by Crippen LogP contribution is -2.10. The van der Waals surface area contributed by atoms with Gasteiger partial charge in [0.15, 0.2) is 0 Å². The zero-order valence-corrected chi connectivity index (χ0v) is 12.3. The lowest BCUT2D eigenvalue weighted by Gasteiger charge is -2.31. The Hall–Kier alpha value is -2.08. The molecule has 2 aliphatic carbocycles. The number of hydrogen-bond acceptors (Lipinski definition) is 0. The maximum Gasteiger partial charge on any atom is -0.00675 e. The van der Waals surface area contributed by atoms with E-state index in [1.807, 2.05) is 0 Å². The van der Waals surface area contributed by atoms with E-state index in [0.29, 0.717) is 0 Å². The van der Waals surface area contributed by atoms with Gasteiger partial charge in [-0.15, -0.1) is 0 Å². The molecule has 0 unspecified atom stereocenters. The SMILES string of the molecule is c1ccc(C2=C(c3ccccc3)C3=C2CCCCC3)cc1. The van der Waals surface area contributed by atoms with Crippen molar-refractivity contribution in [1.82, 2.24) is 0 Å². The summed E-state index contributed by atoms with van der Waals surface area (Å²) in [6.07, 6.45) is 6.58. The van der Waals surface area contributed by atoms with Crippen LogP contribution in [0.5, 0.6) is 0 Å². The molecule has 4 rings (SSSR count). The topological polar surface area (TPSA) is 0 Å². The molecule has 2 aromatic rings. The van der Waals surface area contributed by atoms with Crippen LogP contribution in [-0.4, -0.2) is 0 Å². The maximum absolute atomic E-state index is 2.26. The molecular formula is C21H20. The molecule has 0 atom stereocenters. The van der Waals surface area contributed by atoms with E-state index in [1.165, 1.54) is 54.4 Å². The highest BCUT2D eigenvalue weighted by atomic mass is 14.3. The minimum absolute atomic E-state index is 1.26. The minimum atomic E-state index is 1.26. The Morgan fingerprint density at radius 1 is 0.476 bits per heavy atom. The first-order valence-electron chi connectivity index (χ1n) is 8.03. The molecule has 0 fully saturated rings. The average Bonchev–Trinajstić information content (AvgIpc) is 2.73. The van der Waals surface area contributed by atoms with Gasteiger partial charge in [-0.25, -0.2) is 0 Å². The van der Waals surface area contributed by atoms with Crippen molar-refractivity contribution < 1.29 is 0 Å². The number of benzene rings is 2. The second kappa shape index (κ2) is 5.37. The first kappa shape index (κ1) is 12.6. The van der Waals surface area contributed by atoms with Gasteiger partial charge in [0.2, 0.25) is 0 Å². The van der Waals surface area contributed by atoms with E-state index >= 15 is 0 Å². The Morgan fingerprint density at radius 2 is 0.905 bits per heavy atom. The molecule has 21 heavy (non-hydrogen) atoms. The molecule has 2 aromatic carbocycles. The highest BCUT2D eigenvalue weighted by molar-refractivity contribution is 6.13. The van der Waals surface area contributed by atoms with Crippen molar-refractivity contribution >= 4 is 11.1 Å². The van der Waals surface area contributed by atoms with Crippen LogP contribution in [0.15, 0.2) is 71.8 Å². The molecule has 0 heterocycles. The highest BCUT2D eigenvalue weighted by Gasteiger charge is 2.30. The summed E-state index contributed by atoms with van der Waals surface area (Å²) >= 11 is 0. The molecule has 0 amide bonds. The van der Waals surface area contributed by atoms with Gasteiger partial charge >= 0.3 is 0 Å². The van der Waals surface area contributed by atoms with E-state index in [9.17, 15) is 0 Å². The second-order valence-electron chi connectivity index (χ2n) is 6.00. The summed E-state index contributed by atoms with van der Waals surface area (Å²) in [6, 6.07) is 21.8.